The first-order chi connectivity index (χ1) is 9.97. The fourth-order valence-electron chi connectivity index (χ4n) is 3.43. The summed E-state index contributed by atoms with van der Waals surface area (Å²) in [5.41, 5.74) is 5.68. The molecule has 2 aliphatic rings. The fourth-order valence-corrected chi connectivity index (χ4v) is 3.59. The van der Waals surface area contributed by atoms with Gasteiger partial charge in [-0.2, -0.15) is 0 Å². The number of pyridine rings is 1. The average molecular weight is 311 g/mol. The minimum atomic E-state index is -0.603. The van der Waals surface area contributed by atoms with Gasteiger partial charge in [0.05, 0.1) is 4.92 Å². The second-order valence-corrected chi connectivity index (χ2v) is 6.00. The van der Waals surface area contributed by atoms with E-state index in [1.54, 1.807) is 4.90 Å². The van der Waals surface area contributed by atoms with Gasteiger partial charge in [0.1, 0.15) is 16.9 Å². The maximum Gasteiger partial charge on any atom is 0.300 e. The molecule has 2 fully saturated rings. The van der Waals surface area contributed by atoms with Gasteiger partial charge in [0, 0.05) is 18.1 Å². The number of aromatic nitrogens is 1. The van der Waals surface area contributed by atoms with Crippen LogP contribution in [0.5, 0.6) is 0 Å². The maximum absolute atomic E-state index is 12.7. The lowest BCUT2D eigenvalue weighted by Crippen LogP contribution is -2.50. The minimum Gasteiger partial charge on any atom is -0.332 e. The van der Waals surface area contributed by atoms with E-state index in [1.807, 2.05) is 0 Å². The van der Waals surface area contributed by atoms with Gasteiger partial charge in [0.2, 0.25) is 0 Å². The number of hydrogen-bond acceptors (Lipinski definition) is 5. The molecule has 2 saturated heterocycles. The summed E-state index contributed by atoms with van der Waals surface area (Å²) in [4.78, 5) is 28.7. The molecular formula is C13H15ClN4O3. The normalized spacial score (nSPS) is 27.7. The molecule has 3 heterocycles. The van der Waals surface area contributed by atoms with Gasteiger partial charge in [0.15, 0.2) is 0 Å². The molecule has 1 amide bonds. The third kappa shape index (κ3) is 2.47. The Kier molecular flexibility index (Phi) is 3.54. The van der Waals surface area contributed by atoms with Gasteiger partial charge >= 0.3 is 0 Å². The molecule has 0 saturated carbocycles. The van der Waals surface area contributed by atoms with E-state index in [-0.39, 0.29) is 40.4 Å². The van der Waals surface area contributed by atoms with Crippen molar-refractivity contribution < 1.29 is 9.72 Å². The third-order valence-corrected chi connectivity index (χ3v) is 4.49. The van der Waals surface area contributed by atoms with Gasteiger partial charge in [-0.25, -0.2) is 4.98 Å². The van der Waals surface area contributed by atoms with Crippen LogP contribution in [0.2, 0.25) is 5.15 Å². The van der Waals surface area contributed by atoms with Gasteiger partial charge in [-0.3, -0.25) is 14.9 Å². The predicted molar refractivity (Wildman–Crippen MR) is 76.1 cm³/mol. The highest BCUT2D eigenvalue weighted by atomic mass is 35.5. The molecule has 0 radical (unpaired) electrons. The predicted octanol–water partition coefficient (Wildman–Crippen LogP) is 1.74. The zero-order valence-corrected chi connectivity index (χ0v) is 12.0. The lowest BCUT2D eigenvalue weighted by atomic mass is 9.97. The number of nitrogens with two attached hydrogens (primary N) is 1. The molecule has 2 unspecified atom stereocenters. The number of carbonyl (C=O) groups excluding carboxylic acids is 1. The number of rotatable bonds is 2. The Balaban J connectivity index is 1.96. The van der Waals surface area contributed by atoms with Crippen molar-refractivity contribution in [3.05, 3.63) is 33.1 Å². The highest BCUT2D eigenvalue weighted by molar-refractivity contribution is 6.29. The largest absolute Gasteiger partial charge is 0.332 e. The van der Waals surface area contributed by atoms with Gasteiger partial charge in [0.25, 0.3) is 11.6 Å². The zero-order chi connectivity index (χ0) is 15.1. The summed E-state index contributed by atoms with van der Waals surface area (Å²) in [6.45, 7) is 0. The monoisotopic (exact) mass is 310 g/mol. The first-order valence-electron chi connectivity index (χ1n) is 6.85. The molecular weight excluding hydrogens is 296 g/mol. The van der Waals surface area contributed by atoms with Crippen LogP contribution in [0, 0.1) is 10.1 Å². The van der Waals surface area contributed by atoms with E-state index in [1.165, 1.54) is 6.07 Å². The highest BCUT2D eigenvalue weighted by Gasteiger charge is 2.43. The van der Waals surface area contributed by atoms with Crippen LogP contribution >= 0.6 is 11.6 Å². The lowest BCUT2D eigenvalue weighted by molar-refractivity contribution is -0.385. The summed E-state index contributed by atoms with van der Waals surface area (Å²) in [5, 5.41) is 11.2. The Morgan fingerprint density at radius 3 is 2.62 bits per heavy atom. The first kappa shape index (κ1) is 14.2. The van der Waals surface area contributed by atoms with Crippen LogP contribution in [0.15, 0.2) is 12.3 Å². The second kappa shape index (κ2) is 5.23. The van der Waals surface area contributed by atoms with Crippen LogP contribution in [0.3, 0.4) is 0 Å². The molecule has 2 aliphatic heterocycles. The molecule has 112 valence electrons. The SMILES string of the molecule is NC1CC2CCC(C1)N2C(=O)c1cc(Cl)ncc1[N+](=O)[O-]. The number of halogens is 1. The Labute approximate surface area is 126 Å². The Hall–Kier alpha value is -1.73. The molecule has 21 heavy (non-hydrogen) atoms. The molecule has 1 aromatic rings. The first-order valence-corrected chi connectivity index (χ1v) is 7.23. The number of nitrogens with zero attached hydrogens (tertiary/aromatic N) is 3. The van der Waals surface area contributed by atoms with Crippen molar-refractivity contribution in [3.8, 4) is 0 Å². The molecule has 0 aromatic carbocycles. The van der Waals surface area contributed by atoms with Crippen LogP contribution in [-0.4, -0.2) is 38.8 Å². The lowest BCUT2D eigenvalue weighted by Gasteiger charge is -2.37. The molecule has 2 N–H and O–H groups in total. The average Bonchev–Trinajstić information content (AvgIpc) is 2.69. The number of piperidine rings is 1. The summed E-state index contributed by atoms with van der Waals surface area (Å²) in [6.07, 6.45) is 4.32. The summed E-state index contributed by atoms with van der Waals surface area (Å²) in [5.74, 6) is -0.342. The van der Waals surface area contributed by atoms with Crippen LogP contribution in [-0.2, 0) is 0 Å². The number of hydrogen-bond donors (Lipinski definition) is 1. The second-order valence-electron chi connectivity index (χ2n) is 5.61. The summed E-state index contributed by atoms with van der Waals surface area (Å²) >= 11 is 5.79. The molecule has 3 rings (SSSR count). The maximum atomic E-state index is 12.7. The van der Waals surface area contributed by atoms with Crippen molar-refractivity contribution in [1.82, 2.24) is 9.88 Å². The number of fused-ring (bicyclic) bond motifs is 2. The van der Waals surface area contributed by atoms with Crippen LogP contribution < -0.4 is 5.73 Å². The fraction of sp³-hybridized carbons (Fsp3) is 0.538. The van der Waals surface area contributed by atoms with Crippen LogP contribution in [0.1, 0.15) is 36.0 Å². The minimum absolute atomic E-state index is 0.00683. The van der Waals surface area contributed by atoms with Gasteiger partial charge in [-0.15, -0.1) is 0 Å². The topological polar surface area (TPSA) is 102 Å². The molecule has 8 heteroatoms. The van der Waals surface area contributed by atoms with E-state index in [0.29, 0.717) is 0 Å². The van der Waals surface area contributed by atoms with Crippen molar-refractivity contribution in [2.45, 2.75) is 43.8 Å². The summed E-state index contributed by atoms with van der Waals surface area (Å²) < 4.78 is 0. The van der Waals surface area contributed by atoms with Crippen LogP contribution in [0.25, 0.3) is 0 Å². The standard InChI is InChI=1S/C13H15ClN4O3/c14-12-5-10(11(6-16-12)18(20)21)13(19)17-8-1-2-9(17)4-7(15)3-8/h5-9H,1-4,15H2. The van der Waals surface area contributed by atoms with E-state index in [4.69, 9.17) is 17.3 Å². The Bertz CT molecular complexity index is 595. The highest BCUT2D eigenvalue weighted by Crippen LogP contribution is 2.37. The third-order valence-electron chi connectivity index (χ3n) is 4.28. The van der Waals surface area contributed by atoms with Crippen molar-refractivity contribution >= 4 is 23.2 Å². The number of carbonyl (C=O) groups is 1. The zero-order valence-electron chi connectivity index (χ0n) is 11.2. The Morgan fingerprint density at radius 1 is 1.43 bits per heavy atom. The van der Waals surface area contributed by atoms with Crippen molar-refractivity contribution in [2.24, 2.45) is 5.73 Å². The molecule has 1 aromatic heterocycles. The number of nitro groups is 1. The molecule has 2 bridgehead atoms. The summed E-state index contributed by atoms with van der Waals surface area (Å²) in [6, 6.07) is 1.51. The van der Waals surface area contributed by atoms with E-state index < -0.39 is 4.92 Å². The van der Waals surface area contributed by atoms with Gasteiger partial charge in [-0.05, 0) is 31.7 Å². The smallest absolute Gasteiger partial charge is 0.300 e. The Morgan fingerprint density at radius 2 is 2.05 bits per heavy atom. The molecule has 0 aliphatic carbocycles. The van der Waals surface area contributed by atoms with Crippen molar-refractivity contribution in [2.75, 3.05) is 0 Å². The van der Waals surface area contributed by atoms with Gasteiger partial charge in [-0.1, -0.05) is 11.6 Å². The van der Waals surface area contributed by atoms with E-state index in [2.05, 4.69) is 4.98 Å². The van der Waals surface area contributed by atoms with Crippen molar-refractivity contribution in [1.29, 1.82) is 0 Å². The summed E-state index contributed by atoms with van der Waals surface area (Å²) in [7, 11) is 0. The number of amides is 1. The molecule has 7 nitrogen and oxygen atoms in total. The quantitative estimate of drug-likeness (QED) is 0.509. The molecule has 0 spiro atoms. The van der Waals surface area contributed by atoms with Crippen molar-refractivity contribution in [3.63, 3.8) is 0 Å². The van der Waals surface area contributed by atoms with Crippen LogP contribution in [0.4, 0.5) is 5.69 Å². The molecule has 2 atom stereocenters. The van der Waals surface area contributed by atoms with E-state index in [9.17, 15) is 14.9 Å². The van der Waals surface area contributed by atoms with Gasteiger partial charge < -0.3 is 10.6 Å². The van der Waals surface area contributed by atoms with E-state index >= 15 is 0 Å². The van der Waals surface area contributed by atoms with E-state index in [0.717, 1.165) is 31.9 Å².